The molecule has 17 heavy (non-hydrogen) atoms. The van der Waals surface area contributed by atoms with Crippen molar-refractivity contribution in [1.82, 2.24) is 0 Å². The third-order valence-electron chi connectivity index (χ3n) is 2.47. The molecule has 3 heteroatoms. The van der Waals surface area contributed by atoms with E-state index in [4.69, 9.17) is 10.5 Å². The summed E-state index contributed by atoms with van der Waals surface area (Å²) in [5.41, 5.74) is 7.71. The van der Waals surface area contributed by atoms with E-state index < -0.39 is 0 Å². The molecular formula is C14H15NOS. The number of nitrogens with two attached hydrogens (primary N) is 1. The second-order valence-corrected chi connectivity index (χ2v) is 4.20. The minimum atomic E-state index is 0.645. The minimum Gasteiger partial charge on any atom is -0.455 e. The van der Waals surface area contributed by atoms with Crippen LogP contribution in [0.4, 0.5) is 5.69 Å². The van der Waals surface area contributed by atoms with Gasteiger partial charge in [-0.1, -0.05) is 24.3 Å². The van der Waals surface area contributed by atoms with Crippen LogP contribution >= 0.6 is 12.6 Å². The van der Waals surface area contributed by atoms with Gasteiger partial charge in [-0.3, -0.25) is 0 Å². The zero-order valence-corrected chi connectivity index (χ0v) is 10.4. The van der Waals surface area contributed by atoms with E-state index in [1.807, 2.05) is 48.5 Å². The van der Waals surface area contributed by atoms with Crippen LogP contribution in [0.15, 0.2) is 48.5 Å². The lowest BCUT2D eigenvalue weighted by Gasteiger charge is -2.08. The van der Waals surface area contributed by atoms with E-state index in [-0.39, 0.29) is 0 Å². The molecule has 2 aromatic carbocycles. The molecule has 0 fully saturated rings. The van der Waals surface area contributed by atoms with Crippen molar-refractivity contribution < 1.29 is 4.74 Å². The van der Waals surface area contributed by atoms with Crippen LogP contribution in [0, 0.1) is 0 Å². The van der Waals surface area contributed by atoms with Gasteiger partial charge in [0.1, 0.15) is 11.5 Å². The Morgan fingerprint density at radius 3 is 2.35 bits per heavy atom. The highest BCUT2D eigenvalue weighted by molar-refractivity contribution is 7.80. The number of hydrogen-bond acceptors (Lipinski definition) is 3. The van der Waals surface area contributed by atoms with Crippen molar-refractivity contribution in [3.63, 3.8) is 0 Å². The second kappa shape index (κ2) is 5.64. The lowest BCUT2D eigenvalue weighted by Crippen LogP contribution is -1.92. The number of para-hydroxylation sites is 2. The summed E-state index contributed by atoms with van der Waals surface area (Å²) in [6.45, 7) is 0. The van der Waals surface area contributed by atoms with Crippen LogP contribution in [0.1, 0.15) is 5.56 Å². The maximum atomic E-state index is 5.81. The molecule has 0 bridgehead atoms. The van der Waals surface area contributed by atoms with E-state index in [0.29, 0.717) is 11.4 Å². The summed E-state index contributed by atoms with van der Waals surface area (Å²) < 4.78 is 5.70. The fourth-order valence-corrected chi connectivity index (χ4v) is 1.81. The highest BCUT2D eigenvalue weighted by Crippen LogP contribution is 2.26. The van der Waals surface area contributed by atoms with Crippen molar-refractivity contribution in [1.29, 1.82) is 0 Å². The van der Waals surface area contributed by atoms with E-state index >= 15 is 0 Å². The molecule has 0 radical (unpaired) electrons. The molecule has 0 aromatic heterocycles. The number of thiol groups is 1. The van der Waals surface area contributed by atoms with E-state index in [1.165, 1.54) is 5.56 Å². The quantitative estimate of drug-likeness (QED) is 0.638. The SMILES string of the molecule is Nc1ccccc1Oc1ccc(CCS)cc1. The predicted molar refractivity (Wildman–Crippen MR) is 74.9 cm³/mol. The Bertz CT molecular complexity index is 482. The number of hydrogen-bond donors (Lipinski definition) is 2. The van der Waals surface area contributed by atoms with Crippen LogP contribution < -0.4 is 10.5 Å². The first-order valence-corrected chi connectivity index (χ1v) is 6.15. The minimum absolute atomic E-state index is 0.645. The molecular weight excluding hydrogens is 230 g/mol. The molecule has 88 valence electrons. The molecule has 0 heterocycles. The molecule has 2 aromatic rings. The molecule has 0 unspecified atom stereocenters. The molecule has 0 saturated heterocycles. The van der Waals surface area contributed by atoms with E-state index in [0.717, 1.165) is 17.9 Å². The maximum absolute atomic E-state index is 5.81. The number of nitrogen functional groups attached to an aromatic ring is 1. The van der Waals surface area contributed by atoms with Gasteiger partial charge in [-0.05, 0) is 42.0 Å². The third kappa shape index (κ3) is 3.17. The molecule has 0 atom stereocenters. The first-order chi connectivity index (χ1) is 8.29. The Balaban J connectivity index is 2.11. The third-order valence-corrected chi connectivity index (χ3v) is 2.69. The lowest BCUT2D eigenvalue weighted by atomic mass is 10.2. The largest absolute Gasteiger partial charge is 0.455 e. The highest BCUT2D eigenvalue weighted by Gasteiger charge is 2.00. The molecule has 0 amide bonds. The fraction of sp³-hybridized carbons (Fsp3) is 0.143. The lowest BCUT2D eigenvalue weighted by molar-refractivity contribution is 0.485. The van der Waals surface area contributed by atoms with Crippen molar-refractivity contribution in [2.24, 2.45) is 0 Å². The summed E-state index contributed by atoms with van der Waals surface area (Å²) in [6.07, 6.45) is 0.969. The van der Waals surface area contributed by atoms with Gasteiger partial charge in [0.05, 0.1) is 5.69 Å². The topological polar surface area (TPSA) is 35.2 Å². The summed E-state index contributed by atoms with van der Waals surface area (Å²) in [5, 5.41) is 0. The monoisotopic (exact) mass is 245 g/mol. The standard InChI is InChI=1S/C14H15NOS/c15-13-3-1-2-4-14(13)16-12-7-5-11(6-8-12)9-10-17/h1-8,17H,9-10,15H2. The van der Waals surface area contributed by atoms with Crippen LogP contribution in [-0.4, -0.2) is 5.75 Å². The van der Waals surface area contributed by atoms with Gasteiger partial charge in [-0.15, -0.1) is 0 Å². The molecule has 2 rings (SSSR count). The van der Waals surface area contributed by atoms with Gasteiger partial charge in [-0.2, -0.15) is 12.6 Å². The number of benzene rings is 2. The van der Waals surface area contributed by atoms with Crippen molar-refractivity contribution in [2.75, 3.05) is 11.5 Å². The van der Waals surface area contributed by atoms with E-state index in [1.54, 1.807) is 0 Å². The van der Waals surface area contributed by atoms with Gasteiger partial charge >= 0.3 is 0 Å². The Morgan fingerprint density at radius 1 is 1.00 bits per heavy atom. The Morgan fingerprint density at radius 2 is 1.71 bits per heavy atom. The molecule has 0 aliphatic rings. The van der Waals surface area contributed by atoms with Gasteiger partial charge in [0.2, 0.25) is 0 Å². The van der Waals surface area contributed by atoms with Gasteiger partial charge in [-0.25, -0.2) is 0 Å². The van der Waals surface area contributed by atoms with Gasteiger partial charge in [0.25, 0.3) is 0 Å². The summed E-state index contributed by atoms with van der Waals surface area (Å²) in [5.74, 6) is 2.34. The number of rotatable bonds is 4. The Hall–Kier alpha value is -1.61. The van der Waals surface area contributed by atoms with Crippen molar-refractivity contribution in [3.8, 4) is 11.5 Å². The van der Waals surface area contributed by atoms with Gasteiger partial charge in [0, 0.05) is 0 Å². The predicted octanol–water partition coefficient (Wildman–Crippen LogP) is 3.53. The maximum Gasteiger partial charge on any atom is 0.150 e. The van der Waals surface area contributed by atoms with Gasteiger partial charge in [0.15, 0.2) is 0 Å². The first kappa shape index (κ1) is 11.9. The smallest absolute Gasteiger partial charge is 0.150 e. The zero-order valence-electron chi connectivity index (χ0n) is 9.47. The fourth-order valence-electron chi connectivity index (χ4n) is 1.55. The molecule has 2 N–H and O–H groups in total. The summed E-state index contributed by atoms with van der Waals surface area (Å²) in [6, 6.07) is 15.5. The molecule has 0 aliphatic heterocycles. The summed E-state index contributed by atoms with van der Waals surface area (Å²) in [7, 11) is 0. The van der Waals surface area contributed by atoms with Gasteiger partial charge < -0.3 is 10.5 Å². The Kier molecular flexibility index (Phi) is 3.94. The second-order valence-electron chi connectivity index (χ2n) is 3.76. The number of ether oxygens (including phenoxy) is 1. The Labute approximate surface area is 107 Å². The average Bonchev–Trinajstić information content (AvgIpc) is 2.35. The average molecular weight is 245 g/mol. The molecule has 2 nitrogen and oxygen atoms in total. The van der Waals surface area contributed by atoms with E-state index in [9.17, 15) is 0 Å². The van der Waals surface area contributed by atoms with Crippen LogP contribution in [0.25, 0.3) is 0 Å². The van der Waals surface area contributed by atoms with Crippen molar-refractivity contribution in [2.45, 2.75) is 6.42 Å². The highest BCUT2D eigenvalue weighted by atomic mass is 32.1. The van der Waals surface area contributed by atoms with Crippen LogP contribution in [0.3, 0.4) is 0 Å². The molecule has 0 spiro atoms. The molecule has 0 saturated carbocycles. The summed E-state index contributed by atoms with van der Waals surface area (Å²) in [4.78, 5) is 0. The first-order valence-electron chi connectivity index (χ1n) is 5.52. The van der Waals surface area contributed by atoms with Crippen LogP contribution in [0.5, 0.6) is 11.5 Å². The zero-order chi connectivity index (χ0) is 12.1. The number of anilines is 1. The summed E-state index contributed by atoms with van der Waals surface area (Å²) >= 11 is 4.20. The van der Waals surface area contributed by atoms with Crippen molar-refractivity contribution >= 4 is 18.3 Å². The molecule has 0 aliphatic carbocycles. The number of aryl methyl sites for hydroxylation is 1. The van der Waals surface area contributed by atoms with Crippen molar-refractivity contribution in [3.05, 3.63) is 54.1 Å². The van der Waals surface area contributed by atoms with Crippen LogP contribution in [-0.2, 0) is 6.42 Å². The van der Waals surface area contributed by atoms with Crippen LogP contribution in [0.2, 0.25) is 0 Å². The normalized spacial score (nSPS) is 10.2. The van der Waals surface area contributed by atoms with E-state index in [2.05, 4.69) is 12.6 Å².